The second kappa shape index (κ2) is 10.1. The van der Waals surface area contributed by atoms with Crippen molar-refractivity contribution in [3.63, 3.8) is 0 Å². The Balaban J connectivity index is 1.56. The van der Waals surface area contributed by atoms with Gasteiger partial charge in [0.2, 0.25) is 5.67 Å². The van der Waals surface area contributed by atoms with E-state index in [0.29, 0.717) is 23.6 Å². The lowest BCUT2D eigenvalue weighted by molar-refractivity contribution is -0.228. The fraction of sp³-hybridized carbons (Fsp3) is 0.548. The van der Waals surface area contributed by atoms with E-state index in [1.807, 2.05) is 0 Å². The van der Waals surface area contributed by atoms with E-state index in [2.05, 4.69) is 0 Å². The molecular weight excluding hydrogens is 548 g/mol. The van der Waals surface area contributed by atoms with Crippen LogP contribution in [0.1, 0.15) is 77.4 Å². The third-order valence-corrected chi connectivity index (χ3v) is 9.54. The third-order valence-electron chi connectivity index (χ3n) is 9.54. The van der Waals surface area contributed by atoms with Gasteiger partial charge in [-0.3, -0.25) is 9.59 Å². The van der Waals surface area contributed by atoms with Crippen molar-refractivity contribution in [1.29, 1.82) is 0 Å². The number of carbonyl (C=O) groups excluding carboxylic acids is 1. The number of hydrogen-bond acceptors (Lipinski definition) is 2. The van der Waals surface area contributed by atoms with Gasteiger partial charge in [-0.25, -0.2) is 13.2 Å². The summed E-state index contributed by atoms with van der Waals surface area (Å²) in [6.45, 7) is -2.22. The molecule has 1 saturated carbocycles. The number of benzene rings is 2. The van der Waals surface area contributed by atoms with Crippen LogP contribution in [0.15, 0.2) is 36.4 Å². The van der Waals surface area contributed by atoms with Gasteiger partial charge in [0.05, 0.1) is 5.92 Å². The van der Waals surface area contributed by atoms with Gasteiger partial charge in [-0.05, 0) is 99.0 Å². The highest BCUT2D eigenvalue weighted by Gasteiger charge is 2.57. The van der Waals surface area contributed by atoms with E-state index in [-0.39, 0.29) is 57.9 Å². The summed E-state index contributed by atoms with van der Waals surface area (Å²) in [5.41, 5.74) is -6.58. The average molecular weight is 585 g/mol. The zero-order chi connectivity index (χ0) is 32.5. The van der Waals surface area contributed by atoms with Crippen LogP contribution in [-0.4, -0.2) is 46.3 Å². The molecule has 0 spiro atoms. The molecule has 2 aromatic rings. The molecule has 0 bridgehead atoms. The van der Waals surface area contributed by atoms with Crippen LogP contribution in [0.3, 0.4) is 0 Å². The molecule has 5 rings (SSSR count). The number of fused-ring (bicyclic) bond motifs is 3. The second-order valence-corrected chi connectivity index (χ2v) is 11.9. The van der Waals surface area contributed by atoms with Crippen LogP contribution in [0.4, 0.5) is 26.3 Å². The molecule has 2 aromatic carbocycles. The summed E-state index contributed by atoms with van der Waals surface area (Å²) in [7, 11) is 0. The molecule has 0 radical (unpaired) electrons. The van der Waals surface area contributed by atoms with Gasteiger partial charge in [-0.2, -0.15) is 13.2 Å². The summed E-state index contributed by atoms with van der Waals surface area (Å²) in [5.74, 6) is -3.49. The summed E-state index contributed by atoms with van der Waals surface area (Å²) >= 11 is 0. The Morgan fingerprint density at radius 1 is 1.07 bits per heavy atom. The minimum absolute atomic E-state index is 0.00150. The molecule has 1 saturated heterocycles. The molecule has 41 heavy (non-hydrogen) atoms. The fourth-order valence-electron chi connectivity index (χ4n) is 7.11. The van der Waals surface area contributed by atoms with E-state index in [4.69, 9.17) is 4.11 Å². The number of aryl methyl sites for hydroxylation is 2. The van der Waals surface area contributed by atoms with Crippen molar-refractivity contribution in [3.05, 3.63) is 70.0 Å². The maximum atomic E-state index is 16.1. The van der Waals surface area contributed by atoms with Crippen LogP contribution in [-0.2, 0) is 33.5 Å². The first-order valence-corrected chi connectivity index (χ1v) is 13.7. The summed E-state index contributed by atoms with van der Waals surface area (Å²) in [6.07, 6.45) is -4.96. The molecule has 1 amide bonds. The SMILES string of the molecule is [2H]C([2H])([2H])c1cc(CC23CCN(C(=O)C4(F)CCC(C(=O)O)CC4)C2CCc2cc(C(C)(F)C(F)(F)F)ccc23)ccc1F. The minimum Gasteiger partial charge on any atom is -0.481 e. The maximum absolute atomic E-state index is 16.1. The third kappa shape index (κ3) is 4.91. The van der Waals surface area contributed by atoms with E-state index in [0.717, 1.165) is 12.1 Å². The Bertz CT molecular complexity index is 1470. The van der Waals surface area contributed by atoms with Crippen molar-refractivity contribution in [2.45, 2.75) is 94.1 Å². The second-order valence-electron chi connectivity index (χ2n) is 11.9. The molecule has 3 aliphatic rings. The van der Waals surface area contributed by atoms with Crippen LogP contribution in [0.5, 0.6) is 0 Å². The normalized spacial score (nSPS) is 30.8. The summed E-state index contributed by atoms with van der Waals surface area (Å²) < 4.78 is 109. The molecule has 1 N–H and O–H groups in total. The molecule has 10 heteroatoms. The van der Waals surface area contributed by atoms with Crippen molar-refractivity contribution < 1.29 is 45.2 Å². The molecule has 0 aromatic heterocycles. The van der Waals surface area contributed by atoms with E-state index in [1.54, 1.807) is 0 Å². The van der Waals surface area contributed by atoms with Crippen LogP contribution in [0.25, 0.3) is 0 Å². The molecule has 1 heterocycles. The van der Waals surface area contributed by atoms with Crippen LogP contribution < -0.4 is 0 Å². The van der Waals surface area contributed by atoms with Crippen molar-refractivity contribution in [2.24, 2.45) is 5.92 Å². The number of halogens is 6. The van der Waals surface area contributed by atoms with Gasteiger partial charge < -0.3 is 10.0 Å². The molecular formula is C31H33F6NO3. The Morgan fingerprint density at radius 3 is 2.41 bits per heavy atom. The number of carboxylic acids is 1. The summed E-state index contributed by atoms with van der Waals surface area (Å²) in [5, 5.41) is 9.32. The Morgan fingerprint density at radius 2 is 1.78 bits per heavy atom. The highest BCUT2D eigenvalue weighted by molar-refractivity contribution is 5.86. The molecule has 2 aliphatic carbocycles. The highest BCUT2D eigenvalue weighted by Crippen LogP contribution is 2.52. The van der Waals surface area contributed by atoms with Crippen molar-refractivity contribution in [1.82, 2.24) is 4.90 Å². The lowest BCUT2D eigenvalue weighted by Crippen LogP contribution is -2.55. The zero-order valence-corrected chi connectivity index (χ0v) is 22.5. The standard InChI is InChI=1S/C31H33F6NO3/c1-18-15-19(3-7-24(18)32)17-29-13-14-38(27(41)30(34)11-9-20(10-12-30)26(39)40)25(29)8-4-21-16-22(5-6-23(21)29)28(2,33)31(35,36)37/h3,5-7,15-16,20,25H,4,8-14,17H2,1-2H3,(H,39,40)/i1D3. The van der Waals surface area contributed by atoms with E-state index < -0.39 is 70.6 Å². The Kier molecular flexibility index (Phi) is 6.29. The maximum Gasteiger partial charge on any atom is 0.426 e. The molecule has 222 valence electrons. The number of alkyl halides is 5. The van der Waals surface area contributed by atoms with Gasteiger partial charge >= 0.3 is 12.1 Å². The zero-order valence-electron chi connectivity index (χ0n) is 25.5. The van der Waals surface area contributed by atoms with Crippen molar-refractivity contribution in [2.75, 3.05) is 6.54 Å². The molecule has 4 nitrogen and oxygen atoms in total. The van der Waals surface area contributed by atoms with Crippen LogP contribution >= 0.6 is 0 Å². The van der Waals surface area contributed by atoms with Crippen molar-refractivity contribution >= 4 is 11.9 Å². The minimum atomic E-state index is -5.17. The quantitative estimate of drug-likeness (QED) is 0.390. The number of rotatable bonds is 5. The number of likely N-dealkylation sites (tertiary alicyclic amines) is 1. The van der Waals surface area contributed by atoms with Gasteiger partial charge in [0, 0.05) is 22.1 Å². The van der Waals surface area contributed by atoms with Crippen LogP contribution in [0.2, 0.25) is 0 Å². The number of amides is 1. The van der Waals surface area contributed by atoms with E-state index >= 15 is 4.39 Å². The topological polar surface area (TPSA) is 57.6 Å². The number of aliphatic carboxylic acids is 1. The van der Waals surface area contributed by atoms with Gasteiger partial charge in [0.15, 0.2) is 5.67 Å². The largest absolute Gasteiger partial charge is 0.481 e. The lowest BCUT2D eigenvalue weighted by Gasteiger charge is -2.45. The molecule has 1 aliphatic heterocycles. The monoisotopic (exact) mass is 584 g/mol. The van der Waals surface area contributed by atoms with Crippen LogP contribution in [0, 0.1) is 18.6 Å². The first kappa shape index (κ1) is 25.7. The first-order chi connectivity index (χ1) is 20.3. The molecule has 3 unspecified atom stereocenters. The average Bonchev–Trinajstić information content (AvgIpc) is 3.31. The van der Waals surface area contributed by atoms with E-state index in [1.165, 1.54) is 29.2 Å². The predicted molar refractivity (Wildman–Crippen MR) is 139 cm³/mol. The Hall–Kier alpha value is -3.04. The van der Waals surface area contributed by atoms with Gasteiger partial charge in [-0.1, -0.05) is 30.3 Å². The smallest absolute Gasteiger partial charge is 0.426 e. The van der Waals surface area contributed by atoms with E-state index in [9.17, 15) is 36.6 Å². The van der Waals surface area contributed by atoms with Gasteiger partial charge in [0.1, 0.15) is 5.82 Å². The summed E-state index contributed by atoms with van der Waals surface area (Å²) in [6, 6.07) is 6.66. The lowest BCUT2D eigenvalue weighted by atomic mass is 9.63. The predicted octanol–water partition coefficient (Wildman–Crippen LogP) is 6.89. The summed E-state index contributed by atoms with van der Waals surface area (Å²) in [4.78, 5) is 26.6. The molecule has 2 fully saturated rings. The fourth-order valence-corrected chi connectivity index (χ4v) is 7.11. The number of carbonyl (C=O) groups is 2. The van der Waals surface area contributed by atoms with Crippen molar-refractivity contribution in [3.8, 4) is 0 Å². The Labute approximate surface area is 238 Å². The number of carboxylic acid groups (broad SMARTS) is 1. The highest BCUT2D eigenvalue weighted by atomic mass is 19.4. The molecule has 3 atom stereocenters. The number of hydrogen-bond donors (Lipinski definition) is 1. The number of nitrogens with zero attached hydrogens (tertiary/aromatic N) is 1. The van der Waals surface area contributed by atoms with Gasteiger partial charge in [-0.15, -0.1) is 0 Å². The first-order valence-electron chi connectivity index (χ1n) is 15.2. The van der Waals surface area contributed by atoms with Gasteiger partial charge in [0.25, 0.3) is 5.91 Å².